The Morgan fingerprint density at radius 1 is 0.0714 bits per heavy atom. The molecule has 0 aromatic carbocycles. The van der Waals surface area contributed by atoms with E-state index in [-0.39, 0.29) is 565 Å². The molecular formula is Sm14. The van der Waals surface area contributed by atoms with Gasteiger partial charge < -0.3 is 0 Å². The van der Waals surface area contributed by atoms with Gasteiger partial charge in [0.15, 0.2) is 0 Å². The van der Waals surface area contributed by atoms with Crippen LogP contribution in [0, 0.1) is 565 Å². The summed E-state index contributed by atoms with van der Waals surface area (Å²) in [5.41, 5.74) is 0. The molecule has 0 saturated carbocycles. The second-order valence-corrected chi connectivity index (χ2v) is 0. The Hall–Kier alpha value is 18.7. The normalized spacial score (nSPS) is 0. The maximum atomic E-state index is 0. The van der Waals surface area contributed by atoms with E-state index in [0.29, 0.717) is 0 Å². The van der Waals surface area contributed by atoms with E-state index in [1.165, 1.54) is 0 Å². The van der Waals surface area contributed by atoms with E-state index in [0.717, 1.165) is 0 Å². The fourth-order valence-electron chi connectivity index (χ4n) is 0. The van der Waals surface area contributed by atoms with Crippen molar-refractivity contribution in [2.75, 3.05) is 0 Å². The van der Waals surface area contributed by atoms with Gasteiger partial charge in [-0.05, 0) is 0 Å². The van der Waals surface area contributed by atoms with Crippen LogP contribution < -0.4 is 0 Å². The summed E-state index contributed by atoms with van der Waals surface area (Å²) in [5.74, 6) is 0. The first-order valence-electron chi connectivity index (χ1n) is 0. The molecule has 0 aliphatic heterocycles. The average molecular weight is 2110 g/mol. The minimum absolute atomic E-state index is 0. The van der Waals surface area contributed by atoms with Crippen LogP contribution in [-0.2, 0) is 0 Å². The predicted octanol–water partition coefficient (Wildman–Crippen LogP) is 0. The van der Waals surface area contributed by atoms with E-state index in [1.807, 2.05) is 0 Å². The number of hydrogen-bond donors (Lipinski definition) is 0. The molecule has 0 rings (SSSR count). The van der Waals surface area contributed by atoms with E-state index in [9.17, 15) is 0 Å². The topological polar surface area (TPSA) is 0 Å². The van der Waals surface area contributed by atoms with Crippen molar-refractivity contribution < 1.29 is 565 Å². The first kappa shape index (κ1) is 93.9. The van der Waals surface area contributed by atoms with Crippen molar-refractivity contribution in [1.82, 2.24) is 0 Å². The number of rotatable bonds is 0. The first-order chi connectivity index (χ1) is 0. The Morgan fingerprint density at radius 2 is 0.0714 bits per heavy atom. The van der Waals surface area contributed by atoms with Gasteiger partial charge in [0, 0.05) is 565 Å². The smallest absolute Gasteiger partial charge is 0 e. The van der Waals surface area contributed by atoms with Crippen molar-refractivity contribution in [3.05, 3.63) is 0 Å². The summed E-state index contributed by atoms with van der Waals surface area (Å²) in [4.78, 5) is 0. The molecule has 0 aromatic rings. The zero-order valence-corrected chi connectivity index (χ0v) is 42.4. The largest absolute Gasteiger partial charge is 0 e. The summed E-state index contributed by atoms with van der Waals surface area (Å²) in [6, 6.07) is 0. The fourth-order valence-corrected chi connectivity index (χ4v) is 0. The van der Waals surface area contributed by atoms with Crippen LogP contribution >= 0.6 is 0 Å². The van der Waals surface area contributed by atoms with Gasteiger partial charge in [0.2, 0.25) is 0 Å². The Morgan fingerprint density at radius 3 is 0.0714 bits per heavy atom. The molecule has 0 aliphatic rings. The summed E-state index contributed by atoms with van der Waals surface area (Å²) in [7, 11) is 0. The molecule has 0 saturated heterocycles. The van der Waals surface area contributed by atoms with E-state index in [2.05, 4.69) is 0 Å². The summed E-state index contributed by atoms with van der Waals surface area (Å²) in [6.07, 6.45) is 0. The standard InChI is InChI=1S/14Sm. The van der Waals surface area contributed by atoms with Gasteiger partial charge in [0.25, 0.3) is 0 Å². The van der Waals surface area contributed by atoms with Crippen LogP contribution in [0.15, 0.2) is 0 Å². The van der Waals surface area contributed by atoms with Gasteiger partial charge in [-0.25, -0.2) is 0 Å². The van der Waals surface area contributed by atoms with Crippen LogP contribution in [0.3, 0.4) is 0 Å². The van der Waals surface area contributed by atoms with Crippen LogP contribution in [0.5, 0.6) is 0 Å². The number of hydrogen-bond acceptors (Lipinski definition) is 0. The zero-order chi connectivity index (χ0) is 0. The van der Waals surface area contributed by atoms with Gasteiger partial charge in [-0.3, -0.25) is 0 Å². The van der Waals surface area contributed by atoms with Crippen LogP contribution in [0.4, 0.5) is 0 Å². The van der Waals surface area contributed by atoms with Crippen molar-refractivity contribution in [3.8, 4) is 0 Å². The molecule has 0 amide bonds. The van der Waals surface area contributed by atoms with E-state index in [1.54, 1.807) is 0 Å². The van der Waals surface area contributed by atoms with Crippen LogP contribution in [0.1, 0.15) is 0 Å². The third-order valence-corrected chi connectivity index (χ3v) is 0. The Labute approximate surface area is 542 Å². The summed E-state index contributed by atoms with van der Waals surface area (Å²) in [5, 5.41) is 0. The van der Waals surface area contributed by atoms with Crippen molar-refractivity contribution in [1.29, 1.82) is 0 Å². The molecule has 0 spiro atoms. The molecule has 84 valence electrons. The monoisotopic (exact) mass is 2130 g/mol. The molecule has 0 N–H and O–H groups in total. The SMILES string of the molecule is [Sm].[Sm].[Sm].[Sm].[Sm].[Sm].[Sm].[Sm].[Sm].[Sm].[Sm].[Sm].[Sm].[Sm]. The van der Waals surface area contributed by atoms with Gasteiger partial charge in [-0.1, -0.05) is 0 Å². The molecule has 0 unspecified atom stereocenters. The minimum Gasteiger partial charge on any atom is 0 e. The molecule has 14 heavy (non-hydrogen) atoms. The molecular weight excluding hydrogens is 2110 g/mol. The van der Waals surface area contributed by atoms with Gasteiger partial charge in [-0.15, -0.1) is 0 Å². The molecule has 14 heteroatoms. The summed E-state index contributed by atoms with van der Waals surface area (Å²) >= 11 is 0. The van der Waals surface area contributed by atoms with Crippen LogP contribution in [-0.4, -0.2) is 0 Å². The molecule has 0 bridgehead atoms. The van der Waals surface area contributed by atoms with E-state index >= 15 is 0 Å². The summed E-state index contributed by atoms with van der Waals surface area (Å²) < 4.78 is 0. The van der Waals surface area contributed by atoms with E-state index < -0.39 is 0 Å². The summed E-state index contributed by atoms with van der Waals surface area (Å²) in [6.45, 7) is 0. The maximum Gasteiger partial charge on any atom is 0 e. The molecule has 0 fully saturated rings. The Bertz CT molecular complexity index is 0. The Balaban J connectivity index is 0. The van der Waals surface area contributed by atoms with Crippen molar-refractivity contribution >= 4 is 0 Å². The molecule has 0 atom stereocenters. The van der Waals surface area contributed by atoms with E-state index in [4.69, 9.17) is 0 Å². The predicted molar refractivity (Wildman–Crippen MR) is 0 cm³/mol. The van der Waals surface area contributed by atoms with Crippen molar-refractivity contribution in [3.63, 3.8) is 0 Å². The quantitative estimate of drug-likeness (QED) is 0.321. The van der Waals surface area contributed by atoms with Crippen LogP contribution in [0.25, 0.3) is 0 Å². The Kier molecular flexibility index (Phi) is 573. The third-order valence-electron chi connectivity index (χ3n) is 0. The van der Waals surface area contributed by atoms with Crippen molar-refractivity contribution in [2.24, 2.45) is 0 Å². The molecule has 0 nitrogen and oxygen atoms in total. The minimum atomic E-state index is 0. The van der Waals surface area contributed by atoms with Gasteiger partial charge in [0.05, 0.1) is 0 Å². The van der Waals surface area contributed by atoms with Crippen molar-refractivity contribution in [2.45, 2.75) is 0 Å². The second-order valence-electron chi connectivity index (χ2n) is 0. The third kappa shape index (κ3) is 77.4. The first-order valence-corrected chi connectivity index (χ1v) is 0. The van der Waals surface area contributed by atoms with Crippen LogP contribution in [0.2, 0.25) is 0 Å². The van der Waals surface area contributed by atoms with Gasteiger partial charge in [-0.2, -0.15) is 0 Å². The molecule has 0 aliphatic carbocycles. The van der Waals surface area contributed by atoms with Gasteiger partial charge in [0.1, 0.15) is 0 Å². The molecule has 0 aromatic heterocycles. The second kappa shape index (κ2) is 85.4. The maximum absolute atomic E-state index is 0. The molecule has 0 heterocycles. The fraction of sp³-hybridized carbons (Fsp3) is 0. The zero-order valence-electron chi connectivity index (χ0n) is 5.72. The average Bonchev–Trinajstić information content (AvgIpc) is 0. The van der Waals surface area contributed by atoms with Gasteiger partial charge >= 0.3 is 0 Å². The molecule has 0 radical (unpaired) electrons.